The fourth-order valence-corrected chi connectivity index (χ4v) is 0.393. The van der Waals surface area contributed by atoms with Gasteiger partial charge in [-0.2, -0.15) is 5.11 Å². The first-order valence-electron chi connectivity index (χ1n) is 2.29. The van der Waals surface area contributed by atoms with Gasteiger partial charge in [-0.25, -0.2) is 0 Å². The Bertz CT molecular complexity index is 106. The monoisotopic (exact) mass is 97.1 g/mol. The van der Waals surface area contributed by atoms with Crippen molar-refractivity contribution in [2.75, 3.05) is 6.54 Å². The molecule has 1 aliphatic heterocycles. The van der Waals surface area contributed by atoms with Crippen LogP contribution < -0.4 is 0 Å². The summed E-state index contributed by atoms with van der Waals surface area (Å²) in [5, 5.41) is 10.7. The summed E-state index contributed by atoms with van der Waals surface area (Å²) in [6.45, 7) is 2.85. The summed E-state index contributed by atoms with van der Waals surface area (Å²) in [6, 6.07) is 0. The highest BCUT2D eigenvalue weighted by molar-refractivity contribution is 5.60. The van der Waals surface area contributed by atoms with Crippen LogP contribution in [-0.4, -0.2) is 12.8 Å². The highest BCUT2D eigenvalue weighted by Gasteiger charge is 1.97. The maximum atomic E-state index is 3.69. The molecule has 3 nitrogen and oxygen atoms in total. The van der Waals surface area contributed by atoms with Gasteiger partial charge in [0.15, 0.2) is 0 Å². The quantitative estimate of drug-likeness (QED) is 0.433. The Morgan fingerprint density at radius 1 is 1.71 bits per heavy atom. The molecule has 1 aliphatic rings. The molecule has 0 aliphatic carbocycles. The molecule has 7 heavy (non-hydrogen) atoms. The summed E-state index contributed by atoms with van der Waals surface area (Å²) in [4.78, 5) is 0. The van der Waals surface area contributed by atoms with E-state index < -0.39 is 0 Å². The fourth-order valence-electron chi connectivity index (χ4n) is 0.393. The summed E-state index contributed by atoms with van der Waals surface area (Å²) in [7, 11) is 0. The van der Waals surface area contributed by atoms with Crippen LogP contribution in [0.15, 0.2) is 15.4 Å². The van der Waals surface area contributed by atoms with Gasteiger partial charge in [0.2, 0.25) is 0 Å². The van der Waals surface area contributed by atoms with E-state index in [1.54, 1.807) is 6.21 Å². The van der Waals surface area contributed by atoms with Crippen molar-refractivity contribution in [2.45, 2.75) is 6.92 Å². The molecule has 0 bridgehead atoms. The minimum absolute atomic E-state index is 0.484. The second-order valence-electron chi connectivity index (χ2n) is 1.66. The van der Waals surface area contributed by atoms with Crippen LogP contribution in [0.5, 0.6) is 0 Å². The minimum atomic E-state index is 0.484. The third-order valence-corrected chi connectivity index (χ3v) is 0.806. The number of hydrogen-bond donors (Lipinski definition) is 0. The third kappa shape index (κ3) is 1.07. The second kappa shape index (κ2) is 1.82. The topological polar surface area (TPSA) is 37.1 Å². The van der Waals surface area contributed by atoms with E-state index in [0.29, 0.717) is 5.92 Å². The van der Waals surface area contributed by atoms with Gasteiger partial charge in [-0.1, -0.05) is 6.92 Å². The molecule has 0 radical (unpaired) electrons. The van der Waals surface area contributed by atoms with E-state index in [9.17, 15) is 0 Å². The van der Waals surface area contributed by atoms with Crippen LogP contribution in [0, 0.1) is 5.92 Å². The van der Waals surface area contributed by atoms with E-state index in [1.165, 1.54) is 0 Å². The van der Waals surface area contributed by atoms with E-state index in [4.69, 9.17) is 0 Å². The Balaban J connectivity index is 2.49. The molecule has 0 aromatic rings. The summed E-state index contributed by atoms with van der Waals surface area (Å²) >= 11 is 0. The van der Waals surface area contributed by atoms with Gasteiger partial charge in [-0.05, 0) is 5.22 Å². The lowest BCUT2D eigenvalue weighted by molar-refractivity contribution is 0.716. The smallest absolute Gasteiger partial charge is 0.0696 e. The highest BCUT2D eigenvalue weighted by Crippen LogP contribution is 1.96. The Morgan fingerprint density at radius 3 is 2.86 bits per heavy atom. The van der Waals surface area contributed by atoms with Gasteiger partial charge >= 0.3 is 0 Å². The molecule has 38 valence electrons. The summed E-state index contributed by atoms with van der Waals surface area (Å²) in [5.74, 6) is 0.484. The predicted octanol–water partition coefficient (Wildman–Crippen LogP) is 1.07. The van der Waals surface area contributed by atoms with Crippen molar-refractivity contribution < 1.29 is 0 Å². The molecule has 0 N–H and O–H groups in total. The molecular weight excluding hydrogens is 90.1 g/mol. The molecule has 1 atom stereocenters. The van der Waals surface area contributed by atoms with Gasteiger partial charge in [-0.15, -0.1) is 5.10 Å². The van der Waals surface area contributed by atoms with Gasteiger partial charge < -0.3 is 0 Å². The van der Waals surface area contributed by atoms with Crippen LogP contribution in [0.2, 0.25) is 0 Å². The van der Waals surface area contributed by atoms with Crippen LogP contribution >= 0.6 is 0 Å². The number of nitrogens with zero attached hydrogens (tertiary/aromatic N) is 3. The van der Waals surface area contributed by atoms with Crippen LogP contribution in [0.4, 0.5) is 0 Å². The molecule has 0 aromatic heterocycles. The van der Waals surface area contributed by atoms with Crippen molar-refractivity contribution in [3.63, 3.8) is 0 Å². The van der Waals surface area contributed by atoms with Crippen molar-refractivity contribution in [3.05, 3.63) is 0 Å². The maximum absolute atomic E-state index is 3.69. The average molecular weight is 97.1 g/mol. The highest BCUT2D eigenvalue weighted by atomic mass is 15.4. The van der Waals surface area contributed by atoms with E-state index in [-0.39, 0.29) is 0 Å². The zero-order valence-electron chi connectivity index (χ0n) is 4.20. The molecule has 1 rings (SSSR count). The lowest BCUT2D eigenvalue weighted by atomic mass is 10.2. The summed E-state index contributed by atoms with van der Waals surface area (Å²) < 4.78 is 0. The first-order valence-corrected chi connectivity index (χ1v) is 2.29. The molecule has 0 fully saturated rings. The van der Waals surface area contributed by atoms with Gasteiger partial charge in [0.1, 0.15) is 0 Å². The van der Waals surface area contributed by atoms with Gasteiger partial charge in [0, 0.05) is 12.1 Å². The Labute approximate surface area is 42.1 Å². The first kappa shape index (κ1) is 4.43. The fraction of sp³-hybridized carbons (Fsp3) is 0.750. The molecular formula is C4H7N3. The van der Waals surface area contributed by atoms with Crippen molar-refractivity contribution in [2.24, 2.45) is 21.4 Å². The van der Waals surface area contributed by atoms with Crippen molar-refractivity contribution in [3.8, 4) is 0 Å². The van der Waals surface area contributed by atoms with Crippen LogP contribution in [0.3, 0.4) is 0 Å². The third-order valence-electron chi connectivity index (χ3n) is 0.806. The molecule has 0 saturated heterocycles. The zero-order chi connectivity index (χ0) is 5.11. The zero-order valence-corrected chi connectivity index (χ0v) is 4.20. The molecule has 0 spiro atoms. The lowest BCUT2D eigenvalue weighted by Crippen LogP contribution is -2.01. The van der Waals surface area contributed by atoms with Gasteiger partial charge in [0.05, 0.1) is 6.54 Å². The standard InChI is InChI=1S/C4H7N3/c1-4-2-5-7-6-3-4/h2,4H,3H2,1H3/t4-/m1/s1. The second-order valence-corrected chi connectivity index (χ2v) is 1.66. The van der Waals surface area contributed by atoms with E-state index in [1.807, 2.05) is 0 Å². The molecule has 0 saturated carbocycles. The maximum Gasteiger partial charge on any atom is 0.0696 e. The number of hydrogen-bond acceptors (Lipinski definition) is 3. The van der Waals surface area contributed by atoms with Crippen LogP contribution in [0.25, 0.3) is 0 Å². The minimum Gasteiger partial charge on any atom is -0.168 e. The van der Waals surface area contributed by atoms with Crippen molar-refractivity contribution in [1.29, 1.82) is 0 Å². The average Bonchev–Trinajstić information content (AvgIpc) is 1.69. The van der Waals surface area contributed by atoms with Gasteiger partial charge in [0.25, 0.3) is 0 Å². The first-order chi connectivity index (χ1) is 3.39. The van der Waals surface area contributed by atoms with E-state index in [0.717, 1.165) is 6.54 Å². The SMILES string of the molecule is C[C@@H]1C=NN=NC1. The molecule has 1 heterocycles. The Kier molecular flexibility index (Phi) is 1.15. The normalized spacial score (nSPS) is 28.4. The van der Waals surface area contributed by atoms with Crippen LogP contribution in [-0.2, 0) is 0 Å². The molecule has 3 heteroatoms. The summed E-state index contributed by atoms with van der Waals surface area (Å²) in [6.07, 6.45) is 1.80. The lowest BCUT2D eigenvalue weighted by Gasteiger charge is -1.98. The van der Waals surface area contributed by atoms with E-state index >= 15 is 0 Å². The van der Waals surface area contributed by atoms with Crippen molar-refractivity contribution >= 4 is 6.21 Å². The van der Waals surface area contributed by atoms with Gasteiger partial charge in [-0.3, -0.25) is 0 Å². The molecule has 0 aromatic carbocycles. The van der Waals surface area contributed by atoms with Crippen LogP contribution in [0.1, 0.15) is 6.92 Å². The Hall–Kier alpha value is -0.730. The number of rotatable bonds is 0. The molecule has 0 amide bonds. The van der Waals surface area contributed by atoms with E-state index in [2.05, 4.69) is 22.4 Å². The largest absolute Gasteiger partial charge is 0.168 e. The molecule has 0 unspecified atom stereocenters. The van der Waals surface area contributed by atoms with Crippen molar-refractivity contribution in [1.82, 2.24) is 0 Å². The predicted molar refractivity (Wildman–Crippen MR) is 27.4 cm³/mol. The Morgan fingerprint density at radius 2 is 2.57 bits per heavy atom. The summed E-state index contributed by atoms with van der Waals surface area (Å²) in [5.41, 5.74) is 0.